The Balaban J connectivity index is 0.00000576. The summed E-state index contributed by atoms with van der Waals surface area (Å²) in [4.78, 5) is 41.7. The first-order valence-corrected chi connectivity index (χ1v) is 17.7. The van der Waals surface area contributed by atoms with Crippen molar-refractivity contribution in [2.45, 2.75) is 84.2 Å². The number of unbranched alkanes of at least 4 members (excludes halogenated alkanes) is 3. The van der Waals surface area contributed by atoms with Crippen LogP contribution >= 0.6 is 0 Å². The number of nitrogens with one attached hydrogen (secondary N) is 2. The second-order valence-electron chi connectivity index (χ2n) is 11.8. The Morgan fingerprint density at radius 1 is 0.935 bits per heavy atom. The number of benzene rings is 2. The Morgan fingerprint density at radius 2 is 1.65 bits per heavy atom. The molecule has 10 nitrogen and oxygen atoms in total. The first-order valence-electron chi connectivity index (χ1n) is 16.1. The third kappa shape index (κ3) is 10.7. The maximum atomic E-state index is 13.6. The van der Waals surface area contributed by atoms with Gasteiger partial charge in [0.1, 0.15) is 12.2 Å². The molecule has 1 heterocycles. The van der Waals surface area contributed by atoms with E-state index < -0.39 is 10.1 Å². The second kappa shape index (κ2) is 18.0. The summed E-state index contributed by atoms with van der Waals surface area (Å²) in [5, 5.41) is 7.02. The van der Waals surface area contributed by atoms with Crippen LogP contribution in [0.1, 0.15) is 81.3 Å². The van der Waals surface area contributed by atoms with Gasteiger partial charge in [-0.1, -0.05) is 50.1 Å². The van der Waals surface area contributed by atoms with E-state index in [9.17, 15) is 27.4 Å². The number of anilines is 1. The van der Waals surface area contributed by atoms with Gasteiger partial charge in [0.25, 0.3) is 5.91 Å². The van der Waals surface area contributed by atoms with Gasteiger partial charge in [-0.05, 0) is 81.7 Å². The van der Waals surface area contributed by atoms with Crippen molar-refractivity contribution in [3.05, 3.63) is 65.9 Å². The van der Waals surface area contributed by atoms with Gasteiger partial charge in [0, 0.05) is 47.4 Å². The average molecular weight is 661 g/mol. The minimum absolute atomic E-state index is 0. The molecule has 4 rings (SSSR count). The van der Waals surface area contributed by atoms with Crippen molar-refractivity contribution >= 4 is 44.4 Å². The smallest absolute Gasteiger partial charge is 0.748 e. The van der Waals surface area contributed by atoms with Crippen LogP contribution in [0.4, 0.5) is 5.69 Å². The number of para-hydroxylation sites is 1. The zero-order valence-electron chi connectivity index (χ0n) is 27.3. The van der Waals surface area contributed by atoms with Gasteiger partial charge >= 0.3 is 29.6 Å². The van der Waals surface area contributed by atoms with Crippen molar-refractivity contribution in [1.29, 1.82) is 0 Å². The number of hydrogen-bond donors (Lipinski definition) is 2. The molecule has 244 valence electrons. The van der Waals surface area contributed by atoms with Gasteiger partial charge in [0.15, 0.2) is 0 Å². The monoisotopic (exact) mass is 660 g/mol. The van der Waals surface area contributed by atoms with E-state index in [0.717, 1.165) is 41.4 Å². The zero-order valence-corrected chi connectivity index (χ0v) is 30.1. The van der Waals surface area contributed by atoms with Crippen LogP contribution in [0, 0.1) is 5.92 Å². The summed E-state index contributed by atoms with van der Waals surface area (Å²) in [6.07, 6.45) is 6.04. The summed E-state index contributed by atoms with van der Waals surface area (Å²) in [6.45, 7) is 5.09. The van der Waals surface area contributed by atoms with Crippen molar-refractivity contribution in [2.24, 2.45) is 5.92 Å². The van der Waals surface area contributed by atoms with Crippen molar-refractivity contribution in [3.63, 3.8) is 0 Å². The van der Waals surface area contributed by atoms with Crippen molar-refractivity contribution < 1.29 is 56.9 Å². The van der Waals surface area contributed by atoms with Gasteiger partial charge in [-0.25, -0.2) is 8.42 Å². The Labute approximate surface area is 294 Å². The molecule has 12 heteroatoms. The molecule has 1 aliphatic carbocycles. The third-order valence-corrected chi connectivity index (χ3v) is 9.43. The standard InChI is InChI=1S/C34H46N4O6S.Na/c1-3-25-12-11-14-29(22-25)37(4-2)32(39)24-38-30-15-8-7-13-27(30)23-31(38)34(41)36-28-18-16-26(17-19-28)33(40)35-20-9-5-6-10-21-45(42,43)44;/h7-8,11-15,22-23,26,28H,3-6,9-10,16-21,24H2,1-2H3,(H,35,40)(H,36,41)(H,42,43,44);/q;+1/p-1. The SMILES string of the molecule is CCc1cccc(N(CC)C(=O)Cn2c(C(=O)NC3CCC(C(=O)NCCCCCCS(=O)(=O)[O-])CC3)cc3ccccc32)c1.[Na+]. The van der Waals surface area contributed by atoms with E-state index in [4.69, 9.17) is 0 Å². The average Bonchev–Trinajstić information content (AvgIpc) is 3.39. The predicted octanol–water partition coefficient (Wildman–Crippen LogP) is 1.77. The van der Waals surface area contributed by atoms with Crippen LogP contribution in [0.3, 0.4) is 0 Å². The number of fused-ring (bicyclic) bond motifs is 1. The van der Waals surface area contributed by atoms with Gasteiger partial charge in [-0.3, -0.25) is 14.4 Å². The number of nitrogens with zero attached hydrogens (tertiary/aromatic N) is 2. The van der Waals surface area contributed by atoms with Crippen molar-refractivity contribution in [1.82, 2.24) is 15.2 Å². The summed E-state index contributed by atoms with van der Waals surface area (Å²) in [6, 6.07) is 17.4. The molecule has 2 N–H and O–H groups in total. The number of amides is 3. The van der Waals surface area contributed by atoms with Crippen LogP contribution in [0.25, 0.3) is 10.9 Å². The van der Waals surface area contributed by atoms with Gasteiger partial charge in [0.05, 0.1) is 10.1 Å². The Bertz CT molecular complexity index is 1580. The summed E-state index contributed by atoms with van der Waals surface area (Å²) in [5.41, 5.74) is 3.27. The molecule has 0 aliphatic heterocycles. The molecular weight excluding hydrogens is 615 g/mol. The normalized spacial score (nSPS) is 16.4. The number of aromatic nitrogens is 1. The zero-order chi connectivity index (χ0) is 32.4. The van der Waals surface area contributed by atoms with Gasteiger partial charge in [0.2, 0.25) is 11.8 Å². The van der Waals surface area contributed by atoms with E-state index in [2.05, 4.69) is 17.6 Å². The molecule has 1 aliphatic rings. The largest absolute Gasteiger partial charge is 1.00 e. The molecule has 46 heavy (non-hydrogen) atoms. The van der Waals surface area contributed by atoms with E-state index in [1.807, 2.05) is 61.5 Å². The van der Waals surface area contributed by atoms with E-state index in [0.29, 0.717) is 57.3 Å². The number of rotatable bonds is 15. The molecule has 2 aromatic carbocycles. The van der Waals surface area contributed by atoms with Gasteiger partial charge < -0.3 is 24.7 Å². The maximum Gasteiger partial charge on any atom is 1.00 e. The quantitative estimate of drug-likeness (QED) is 0.145. The molecular formula is C34H45N4NaO6S. The van der Waals surface area contributed by atoms with Crippen LogP contribution in [-0.4, -0.2) is 60.1 Å². The van der Waals surface area contributed by atoms with E-state index in [-0.39, 0.29) is 71.5 Å². The third-order valence-electron chi connectivity index (χ3n) is 8.64. The number of hydrogen-bond acceptors (Lipinski definition) is 6. The molecule has 0 saturated heterocycles. The van der Waals surface area contributed by atoms with Crippen LogP contribution in [0.5, 0.6) is 0 Å². The van der Waals surface area contributed by atoms with Crippen molar-refractivity contribution in [2.75, 3.05) is 23.7 Å². The number of carbonyl (C=O) groups is 3. The fourth-order valence-corrected chi connectivity index (χ4v) is 6.67. The maximum absolute atomic E-state index is 13.6. The Morgan fingerprint density at radius 3 is 2.35 bits per heavy atom. The van der Waals surface area contributed by atoms with E-state index in [1.54, 1.807) is 9.47 Å². The topological polar surface area (TPSA) is 141 Å². The van der Waals surface area contributed by atoms with Gasteiger partial charge in [-0.2, -0.15) is 0 Å². The van der Waals surface area contributed by atoms with Crippen molar-refractivity contribution in [3.8, 4) is 0 Å². The van der Waals surface area contributed by atoms with Gasteiger partial charge in [-0.15, -0.1) is 0 Å². The minimum atomic E-state index is -4.16. The van der Waals surface area contributed by atoms with E-state index in [1.165, 1.54) is 0 Å². The molecule has 1 saturated carbocycles. The first kappa shape index (κ1) is 37.8. The number of aryl methyl sites for hydroxylation is 1. The number of likely N-dealkylation sites (N-methyl/N-ethyl adjacent to an activating group) is 1. The fraction of sp³-hybridized carbons (Fsp3) is 0.500. The summed E-state index contributed by atoms with van der Waals surface area (Å²) in [5.74, 6) is -0.772. The molecule has 0 unspecified atom stereocenters. The summed E-state index contributed by atoms with van der Waals surface area (Å²) >= 11 is 0. The minimum Gasteiger partial charge on any atom is -0.748 e. The first-order chi connectivity index (χ1) is 21.6. The summed E-state index contributed by atoms with van der Waals surface area (Å²) < 4.78 is 33.8. The molecule has 3 aromatic rings. The molecule has 0 spiro atoms. The summed E-state index contributed by atoms with van der Waals surface area (Å²) in [7, 11) is -4.16. The number of carbonyl (C=O) groups excluding carboxylic acids is 3. The van der Waals surface area contributed by atoms with E-state index >= 15 is 0 Å². The van der Waals surface area contributed by atoms with Crippen LogP contribution < -0.4 is 45.1 Å². The molecule has 0 radical (unpaired) electrons. The predicted molar refractivity (Wildman–Crippen MR) is 175 cm³/mol. The second-order valence-corrected chi connectivity index (χ2v) is 13.3. The van der Waals surface area contributed by atoms with Crippen LogP contribution in [0.2, 0.25) is 0 Å². The Kier molecular flexibility index (Phi) is 14.8. The molecule has 1 fully saturated rings. The molecule has 1 aromatic heterocycles. The van der Waals surface area contributed by atoms with Crippen LogP contribution in [0.15, 0.2) is 54.6 Å². The molecule has 3 amide bonds. The fourth-order valence-electron chi connectivity index (χ4n) is 6.11. The Hall–Kier alpha value is -2.70. The molecule has 0 atom stereocenters. The van der Waals surface area contributed by atoms with Crippen LogP contribution in [-0.2, 0) is 32.7 Å². The molecule has 0 bridgehead atoms.